The Morgan fingerprint density at radius 2 is 1.42 bits per heavy atom. The third kappa shape index (κ3) is 4.99. The van der Waals surface area contributed by atoms with Crippen molar-refractivity contribution in [2.45, 2.75) is 18.7 Å². The van der Waals surface area contributed by atoms with E-state index in [1.165, 1.54) is 18.3 Å². The van der Waals surface area contributed by atoms with Gasteiger partial charge in [-0.3, -0.25) is 0 Å². The van der Waals surface area contributed by atoms with E-state index in [0.717, 1.165) is 11.3 Å². The lowest BCUT2D eigenvalue weighted by molar-refractivity contribution is 0.340. The van der Waals surface area contributed by atoms with Crippen LogP contribution in [-0.4, -0.2) is 27.8 Å². The highest BCUT2D eigenvalue weighted by atomic mass is 32.2. The Morgan fingerprint density at radius 3 is 1.92 bits per heavy atom. The largest absolute Gasteiger partial charge is 0.494 e. The molecular weight excluding hydrogens is 328 g/mol. The van der Waals surface area contributed by atoms with Gasteiger partial charge in [0.25, 0.3) is 10.0 Å². The summed E-state index contributed by atoms with van der Waals surface area (Å²) in [6.07, 6.45) is 1.43. The molecule has 0 fully saturated rings. The summed E-state index contributed by atoms with van der Waals surface area (Å²) in [5.74, 6) is 1.37. The fourth-order valence-corrected chi connectivity index (χ4v) is 2.71. The summed E-state index contributed by atoms with van der Waals surface area (Å²) in [4.78, 5) is 2.30. The maximum atomic E-state index is 12.1. The normalized spacial score (nSPS) is 11.4. The lowest BCUT2D eigenvalue weighted by Gasteiger charge is -2.06. The second kappa shape index (κ2) is 8.35. The number of nitrogens with zero attached hydrogens (tertiary/aromatic N) is 1. The summed E-state index contributed by atoms with van der Waals surface area (Å²) in [5, 5.41) is 3.79. The first kappa shape index (κ1) is 17.8. The van der Waals surface area contributed by atoms with Gasteiger partial charge in [0.05, 0.1) is 24.3 Å². The highest BCUT2D eigenvalue weighted by molar-refractivity contribution is 7.89. The van der Waals surface area contributed by atoms with Crippen LogP contribution in [0.4, 0.5) is 0 Å². The first-order chi connectivity index (χ1) is 11.5. The Labute approximate surface area is 142 Å². The molecule has 0 saturated carbocycles. The van der Waals surface area contributed by atoms with Gasteiger partial charge in [0.15, 0.2) is 0 Å². The van der Waals surface area contributed by atoms with Crippen molar-refractivity contribution in [2.24, 2.45) is 5.10 Å². The summed E-state index contributed by atoms with van der Waals surface area (Å²) in [6.45, 7) is 4.89. The van der Waals surface area contributed by atoms with Crippen molar-refractivity contribution in [3.63, 3.8) is 0 Å². The molecule has 0 aliphatic carbocycles. The molecule has 24 heavy (non-hydrogen) atoms. The maximum Gasteiger partial charge on any atom is 0.276 e. The van der Waals surface area contributed by atoms with E-state index in [-0.39, 0.29) is 4.90 Å². The molecule has 7 heteroatoms. The first-order valence-electron chi connectivity index (χ1n) is 7.55. The minimum absolute atomic E-state index is 0.120. The third-order valence-corrected chi connectivity index (χ3v) is 4.26. The number of benzene rings is 2. The minimum atomic E-state index is -3.71. The van der Waals surface area contributed by atoms with Gasteiger partial charge in [0.1, 0.15) is 11.5 Å². The van der Waals surface area contributed by atoms with E-state index in [9.17, 15) is 8.42 Å². The van der Waals surface area contributed by atoms with Gasteiger partial charge in [-0.2, -0.15) is 13.5 Å². The van der Waals surface area contributed by atoms with E-state index in [2.05, 4.69) is 9.93 Å². The number of rotatable bonds is 8. The van der Waals surface area contributed by atoms with E-state index in [4.69, 9.17) is 9.47 Å². The Morgan fingerprint density at radius 1 is 0.917 bits per heavy atom. The zero-order valence-electron chi connectivity index (χ0n) is 13.6. The molecule has 0 aliphatic rings. The average molecular weight is 348 g/mol. The molecule has 0 unspecified atom stereocenters. The van der Waals surface area contributed by atoms with Gasteiger partial charge in [-0.15, -0.1) is 0 Å². The molecule has 0 radical (unpaired) electrons. The minimum Gasteiger partial charge on any atom is -0.494 e. The van der Waals surface area contributed by atoms with E-state index in [1.54, 1.807) is 36.4 Å². The van der Waals surface area contributed by atoms with Gasteiger partial charge >= 0.3 is 0 Å². The summed E-state index contributed by atoms with van der Waals surface area (Å²) < 4.78 is 34.9. The van der Waals surface area contributed by atoms with E-state index < -0.39 is 10.0 Å². The summed E-state index contributed by atoms with van der Waals surface area (Å²) in [7, 11) is -3.71. The van der Waals surface area contributed by atoms with Crippen LogP contribution in [0.5, 0.6) is 11.5 Å². The van der Waals surface area contributed by atoms with Gasteiger partial charge in [0, 0.05) is 0 Å². The van der Waals surface area contributed by atoms with Crippen LogP contribution in [-0.2, 0) is 10.0 Å². The van der Waals surface area contributed by atoms with Crippen molar-refractivity contribution in [2.75, 3.05) is 13.2 Å². The molecule has 0 aromatic heterocycles. The summed E-state index contributed by atoms with van der Waals surface area (Å²) in [6, 6.07) is 13.3. The number of hydrogen-bond acceptors (Lipinski definition) is 5. The highest BCUT2D eigenvalue weighted by Crippen LogP contribution is 2.16. The molecule has 0 atom stereocenters. The molecule has 2 aromatic rings. The summed E-state index contributed by atoms with van der Waals surface area (Å²) in [5.41, 5.74) is 0.757. The van der Waals surface area contributed by atoms with Crippen LogP contribution < -0.4 is 14.3 Å². The van der Waals surface area contributed by atoms with Crippen LogP contribution in [0.2, 0.25) is 0 Å². The van der Waals surface area contributed by atoms with Crippen LogP contribution in [0.1, 0.15) is 19.4 Å². The zero-order chi connectivity index (χ0) is 17.4. The molecule has 128 valence electrons. The van der Waals surface area contributed by atoms with Crippen molar-refractivity contribution >= 4 is 16.2 Å². The number of hydrogen-bond donors (Lipinski definition) is 1. The number of ether oxygens (including phenoxy) is 2. The molecule has 0 spiro atoms. The molecule has 1 N–H and O–H groups in total. The van der Waals surface area contributed by atoms with E-state index in [1.807, 2.05) is 13.8 Å². The Bertz CT molecular complexity index is 769. The van der Waals surface area contributed by atoms with Gasteiger partial charge in [-0.25, -0.2) is 4.83 Å². The van der Waals surface area contributed by atoms with Crippen molar-refractivity contribution in [1.82, 2.24) is 4.83 Å². The van der Waals surface area contributed by atoms with Crippen molar-refractivity contribution in [1.29, 1.82) is 0 Å². The number of hydrazone groups is 1. The van der Waals surface area contributed by atoms with E-state index in [0.29, 0.717) is 19.0 Å². The summed E-state index contributed by atoms with van der Waals surface area (Å²) >= 11 is 0. The lowest BCUT2D eigenvalue weighted by Crippen LogP contribution is -2.18. The van der Waals surface area contributed by atoms with Crippen molar-refractivity contribution < 1.29 is 17.9 Å². The fourth-order valence-electron chi connectivity index (χ4n) is 1.92. The topological polar surface area (TPSA) is 77.0 Å². The van der Waals surface area contributed by atoms with Crippen molar-refractivity contribution in [3.8, 4) is 11.5 Å². The molecule has 2 aromatic carbocycles. The Kier molecular flexibility index (Phi) is 6.20. The standard InChI is InChI=1S/C17H20N2O4S/c1-3-22-15-7-5-14(6-8-15)13-18-19-24(20,21)17-11-9-16(10-12-17)23-4-2/h5-13,19H,3-4H2,1-2H3/b18-13-. The number of nitrogens with one attached hydrogen (secondary N) is 1. The van der Waals surface area contributed by atoms with Crippen LogP contribution >= 0.6 is 0 Å². The fraction of sp³-hybridized carbons (Fsp3) is 0.235. The molecule has 6 nitrogen and oxygen atoms in total. The Balaban J connectivity index is 2.00. The molecule has 0 aliphatic heterocycles. The SMILES string of the molecule is CCOc1ccc(/C=N\NS(=O)(=O)c2ccc(OCC)cc2)cc1. The van der Waals surface area contributed by atoms with Gasteiger partial charge in [0.2, 0.25) is 0 Å². The molecule has 0 heterocycles. The monoisotopic (exact) mass is 348 g/mol. The Hall–Kier alpha value is -2.54. The quantitative estimate of drug-likeness (QED) is 0.588. The highest BCUT2D eigenvalue weighted by Gasteiger charge is 2.12. The van der Waals surface area contributed by atoms with E-state index >= 15 is 0 Å². The van der Waals surface area contributed by atoms with Crippen LogP contribution in [0.25, 0.3) is 0 Å². The predicted octanol–water partition coefficient (Wildman–Crippen LogP) is 2.80. The molecular formula is C17H20N2O4S. The smallest absolute Gasteiger partial charge is 0.276 e. The van der Waals surface area contributed by atoms with Crippen molar-refractivity contribution in [3.05, 3.63) is 54.1 Å². The lowest BCUT2D eigenvalue weighted by atomic mass is 10.2. The van der Waals surface area contributed by atoms with Gasteiger partial charge in [-0.1, -0.05) is 0 Å². The third-order valence-electron chi connectivity index (χ3n) is 3.02. The predicted molar refractivity (Wildman–Crippen MR) is 93.1 cm³/mol. The molecule has 0 amide bonds. The van der Waals surface area contributed by atoms with Gasteiger partial charge in [-0.05, 0) is 67.9 Å². The first-order valence-corrected chi connectivity index (χ1v) is 9.04. The van der Waals surface area contributed by atoms with Crippen LogP contribution in [0.3, 0.4) is 0 Å². The molecule has 0 bridgehead atoms. The zero-order valence-corrected chi connectivity index (χ0v) is 14.4. The van der Waals surface area contributed by atoms with Crippen LogP contribution in [0, 0.1) is 0 Å². The van der Waals surface area contributed by atoms with Gasteiger partial charge < -0.3 is 9.47 Å². The second-order valence-corrected chi connectivity index (χ2v) is 6.42. The van der Waals surface area contributed by atoms with Crippen LogP contribution in [0.15, 0.2) is 58.5 Å². The average Bonchev–Trinajstić information content (AvgIpc) is 2.57. The molecule has 0 saturated heterocycles. The maximum absolute atomic E-state index is 12.1. The molecule has 2 rings (SSSR count). The number of sulfonamides is 1. The second-order valence-electron chi connectivity index (χ2n) is 4.76.